The van der Waals surface area contributed by atoms with Crippen LogP contribution in [0.4, 0.5) is 0 Å². The molecule has 0 radical (unpaired) electrons. The van der Waals surface area contributed by atoms with Crippen molar-refractivity contribution in [3.05, 3.63) is 35.9 Å². The number of nitrogens with zero attached hydrogens (tertiary/aromatic N) is 2. The second kappa shape index (κ2) is 9.19. The Balaban J connectivity index is 1.82. The van der Waals surface area contributed by atoms with E-state index in [2.05, 4.69) is 59.3 Å². The number of hydrogen-bond acceptors (Lipinski definition) is 3. The van der Waals surface area contributed by atoms with Gasteiger partial charge in [0.2, 0.25) is 0 Å². The van der Waals surface area contributed by atoms with Gasteiger partial charge < -0.3 is 15.1 Å². The maximum Gasteiger partial charge on any atom is 0.0332 e. The molecule has 1 aliphatic heterocycles. The Morgan fingerprint density at radius 3 is 2.29 bits per heavy atom. The normalized spacial score (nSPS) is 18.8. The van der Waals surface area contributed by atoms with Crippen LogP contribution < -0.4 is 5.32 Å². The second-order valence-corrected chi connectivity index (χ2v) is 5.98. The summed E-state index contributed by atoms with van der Waals surface area (Å²) in [6, 6.07) is 11.4. The molecule has 1 aliphatic rings. The molecule has 118 valence electrons. The molecule has 1 atom stereocenters. The van der Waals surface area contributed by atoms with Crippen LogP contribution in [0.3, 0.4) is 0 Å². The van der Waals surface area contributed by atoms with Gasteiger partial charge in [0, 0.05) is 38.8 Å². The maximum absolute atomic E-state index is 3.71. The largest absolute Gasteiger partial charge is 0.310 e. The number of rotatable bonds is 8. The van der Waals surface area contributed by atoms with Crippen molar-refractivity contribution in [2.75, 3.05) is 45.8 Å². The van der Waals surface area contributed by atoms with Crippen LogP contribution >= 0.6 is 0 Å². The zero-order valence-corrected chi connectivity index (χ0v) is 13.7. The summed E-state index contributed by atoms with van der Waals surface area (Å²) >= 11 is 0. The smallest absolute Gasteiger partial charge is 0.0332 e. The van der Waals surface area contributed by atoms with E-state index in [9.17, 15) is 0 Å². The number of piperazine rings is 1. The van der Waals surface area contributed by atoms with Crippen LogP contribution in [-0.4, -0.2) is 55.6 Å². The molecular weight excluding hydrogens is 258 g/mol. The van der Waals surface area contributed by atoms with Gasteiger partial charge in [0.1, 0.15) is 0 Å². The van der Waals surface area contributed by atoms with Crippen molar-refractivity contribution in [1.82, 2.24) is 15.1 Å². The minimum Gasteiger partial charge on any atom is -0.310 e. The first-order valence-corrected chi connectivity index (χ1v) is 8.56. The third-order valence-electron chi connectivity index (χ3n) is 4.49. The number of benzene rings is 1. The summed E-state index contributed by atoms with van der Waals surface area (Å²) in [6.45, 7) is 12.9. The van der Waals surface area contributed by atoms with Crippen LogP contribution in [0.15, 0.2) is 30.3 Å². The average molecular weight is 289 g/mol. The van der Waals surface area contributed by atoms with Crippen molar-refractivity contribution >= 4 is 0 Å². The quantitative estimate of drug-likeness (QED) is 0.794. The molecule has 0 aliphatic carbocycles. The molecule has 1 fully saturated rings. The summed E-state index contributed by atoms with van der Waals surface area (Å²) in [7, 11) is 0. The van der Waals surface area contributed by atoms with E-state index in [-0.39, 0.29) is 0 Å². The molecule has 0 amide bonds. The molecule has 1 heterocycles. The van der Waals surface area contributed by atoms with Crippen molar-refractivity contribution in [2.24, 2.45) is 0 Å². The van der Waals surface area contributed by atoms with E-state index >= 15 is 0 Å². The Bertz CT molecular complexity index is 371. The van der Waals surface area contributed by atoms with Gasteiger partial charge in [0.15, 0.2) is 0 Å². The first-order chi connectivity index (χ1) is 10.3. The number of likely N-dealkylation sites (N-methyl/N-ethyl adjacent to an activating group) is 1. The number of hydrogen-bond donors (Lipinski definition) is 1. The van der Waals surface area contributed by atoms with Gasteiger partial charge in [-0.05, 0) is 31.5 Å². The predicted molar refractivity (Wildman–Crippen MR) is 90.6 cm³/mol. The van der Waals surface area contributed by atoms with Crippen LogP contribution in [-0.2, 0) is 0 Å². The molecule has 0 aromatic heterocycles. The Morgan fingerprint density at radius 2 is 1.67 bits per heavy atom. The molecule has 1 aromatic carbocycles. The topological polar surface area (TPSA) is 18.5 Å². The highest BCUT2D eigenvalue weighted by Crippen LogP contribution is 2.17. The SMILES string of the molecule is CCCNC(CCN1CCN(CC)CC1)c1ccccc1. The predicted octanol–water partition coefficient (Wildman–Crippen LogP) is 2.75. The van der Waals surface area contributed by atoms with Crippen LogP contribution in [0, 0.1) is 0 Å². The van der Waals surface area contributed by atoms with E-state index in [0.717, 1.165) is 6.54 Å². The van der Waals surface area contributed by atoms with Crippen LogP contribution in [0.2, 0.25) is 0 Å². The van der Waals surface area contributed by atoms with Crippen molar-refractivity contribution in [3.8, 4) is 0 Å². The van der Waals surface area contributed by atoms with Crippen molar-refractivity contribution < 1.29 is 0 Å². The first kappa shape index (κ1) is 16.5. The van der Waals surface area contributed by atoms with Gasteiger partial charge in [0.05, 0.1) is 0 Å². The molecule has 1 aromatic rings. The van der Waals surface area contributed by atoms with Crippen LogP contribution in [0.25, 0.3) is 0 Å². The lowest BCUT2D eigenvalue weighted by Gasteiger charge is -2.34. The zero-order valence-electron chi connectivity index (χ0n) is 13.7. The van der Waals surface area contributed by atoms with Crippen LogP contribution in [0.5, 0.6) is 0 Å². The highest BCUT2D eigenvalue weighted by molar-refractivity contribution is 5.18. The Kier molecular flexibility index (Phi) is 7.20. The fourth-order valence-electron chi connectivity index (χ4n) is 3.03. The molecule has 0 bridgehead atoms. The van der Waals surface area contributed by atoms with E-state index in [1.54, 1.807) is 0 Å². The third kappa shape index (κ3) is 5.42. The molecule has 1 N–H and O–H groups in total. The Hall–Kier alpha value is -0.900. The lowest BCUT2D eigenvalue weighted by Crippen LogP contribution is -2.46. The minimum atomic E-state index is 0.496. The molecule has 0 saturated carbocycles. The van der Waals surface area contributed by atoms with Crippen LogP contribution in [0.1, 0.15) is 38.3 Å². The number of nitrogens with one attached hydrogen (secondary N) is 1. The molecule has 1 saturated heterocycles. The van der Waals surface area contributed by atoms with Crippen molar-refractivity contribution in [2.45, 2.75) is 32.7 Å². The minimum absolute atomic E-state index is 0.496. The zero-order chi connectivity index (χ0) is 14.9. The molecule has 1 unspecified atom stereocenters. The van der Waals surface area contributed by atoms with Gasteiger partial charge in [-0.3, -0.25) is 0 Å². The summed E-state index contributed by atoms with van der Waals surface area (Å²) in [6.07, 6.45) is 2.40. The monoisotopic (exact) mass is 289 g/mol. The lowest BCUT2D eigenvalue weighted by molar-refractivity contribution is 0.133. The van der Waals surface area contributed by atoms with E-state index in [1.165, 1.54) is 57.7 Å². The summed E-state index contributed by atoms with van der Waals surface area (Å²) in [4.78, 5) is 5.16. The van der Waals surface area contributed by atoms with E-state index < -0.39 is 0 Å². The van der Waals surface area contributed by atoms with E-state index in [0.29, 0.717) is 6.04 Å². The molecule has 3 heteroatoms. The third-order valence-corrected chi connectivity index (χ3v) is 4.49. The molecule has 2 rings (SSSR count). The van der Waals surface area contributed by atoms with E-state index in [1.807, 2.05) is 0 Å². The highest BCUT2D eigenvalue weighted by atomic mass is 15.3. The summed E-state index contributed by atoms with van der Waals surface area (Å²) in [5.41, 5.74) is 1.43. The summed E-state index contributed by atoms with van der Waals surface area (Å²) < 4.78 is 0. The summed E-state index contributed by atoms with van der Waals surface area (Å²) in [5.74, 6) is 0. The summed E-state index contributed by atoms with van der Waals surface area (Å²) in [5, 5.41) is 3.71. The van der Waals surface area contributed by atoms with Crippen molar-refractivity contribution in [3.63, 3.8) is 0 Å². The molecule has 0 spiro atoms. The van der Waals surface area contributed by atoms with Gasteiger partial charge in [0.25, 0.3) is 0 Å². The fraction of sp³-hybridized carbons (Fsp3) is 0.667. The van der Waals surface area contributed by atoms with Crippen molar-refractivity contribution in [1.29, 1.82) is 0 Å². The van der Waals surface area contributed by atoms with Gasteiger partial charge in [-0.25, -0.2) is 0 Å². The first-order valence-electron chi connectivity index (χ1n) is 8.56. The van der Waals surface area contributed by atoms with Gasteiger partial charge in [-0.2, -0.15) is 0 Å². The van der Waals surface area contributed by atoms with E-state index in [4.69, 9.17) is 0 Å². The lowest BCUT2D eigenvalue weighted by atomic mass is 10.0. The standard InChI is InChI=1S/C18H31N3/c1-3-11-19-18(17-8-6-5-7-9-17)10-12-21-15-13-20(4-2)14-16-21/h5-9,18-19H,3-4,10-16H2,1-2H3. The molecule has 3 nitrogen and oxygen atoms in total. The Labute approximate surface area is 130 Å². The molecule has 21 heavy (non-hydrogen) atoms. The van der Waals surface area contributed by atoms with Gasteiger partial charge >= 0.3 is 0 Å². The average Bonchev–Trinajstić information content (AvgIpc) is 2.56. The Morgan fingerprint density at radius 1 is 1.00 bits per heavy atom. The van der Waals surface area contributed by atoms with Gasteiger partial charge in [-0.15, -0.1) is 0 Å². The maximum atomic E-state index is 3.71. The molecular formula is C18H31N3. The highest BCUT2D eigenvalue weighted by Gasteiger charge is 2.17. The second-order valence-electron chi connectivity index (χ2n) is 5.98. The van der Waals surface area contributed by atoms with Gasteiger partial charge in [-0.1, -0.05) is 44.2 Å². The fourth-order valence-corrected chi connectivity index (χ4v) is 3.03.